The molecule has 1 aliphatic rings. The van der Waals surface area contributed by atoms with E-state index < -0.39 is 22.0 Å². The average Bonchev–Trinajstić information content (AvgIpc) is 3.21. The summed E-state index contributed by atoms with van der Waals surface area (Å²) in [5.74, 6) is -0.693. The van der Waals surface area contributed by atoms with E-state index in [4.69, 9.17) is 4.74 Å². The Morgan fingerprint density at radius 3 is 2.67 bits per heavy atom. The number of carbonyl (C=O) groups excluding carboxylic acids is 2. The first-order chi connectivity index (χ1) is 14.3. The van der Waals surface area contributed by atoms with Crippen LogP contribution in [0.25, 0.3) is 0 Å². The van der Waals surface area contributed by atoms with Gasteiger partial charge < -0.3 is 4.74 Å². The largest absolute Gasteiger partial charge is 0.458 e. The minimum atomic E-state index is -3.78. The predicted octanol–water partition coefficient (Wildman–Crippen LogP) is 2.80. The van der Waals surface area contributed by atoms with Crippen LogP contribution in [-0.4, -0.2) is 48.7 Å². The average molecular weight is 452 g/mol. The minimum Gasteiger partial charge on any atom is -0.458 e. The quantitative estimate of drug-likeness (QED) is 0.601. The molecular formula is C20H25N3O5S2. The van der Waals surface area contributed by atoms with Gasteiger partial charge in [-0.2, -0.15) is 4.31 Å². The van der Waals surface area contributed by atoms with E-state index in [9.17, 15) is 18.0 Å². The molecule has 0 N–H and O–H groups in total. The predicted molar refractivity (Wildman–Crippen MR) is 114 cm³/mol. The van der Waals surface area contributed by atoms with Crippen LogP contribution in [0.4, 0.5) is 5.13 Å². The normalized spacial score (nSPS) is 17.5. The molecular weight excluding hydrogens is 426 g/mol. The number of anilines is 1. The number of piperidine rings is 1. The molecule has 3 rings (SSSR count). The SMILES string of the molecule is CCN(C(C)=O)c1nc(COC(=O)C2CCCCN2S(=O)(=O)c2ccccc2)cs1. The molecule has 1 aromatic carbocycles. The second kappa shape index (κ2) is 9.67. The molecule has 0 saturated carbocycles. The number of thiazole rings is 1. The van der Waals surface area contributed by atoms with Crippen molar-refractivity contribution in [1.82, 2.24) is 9.29 Å². The molecule has 10 heteroatoms. The van der Waals surface area contributed by atoms with Crippen LogP contribution in [0.3, 0.4) is 0 Å². The molecule has 1 aliphatic heterocycles. The fourth-order valence-electron chi connectivity index (χ4n) is 3.38. The van der Waals surface area contributed by atoms with Gasteiger partial charge in [0.1, 0.15) is 12.6 Å². The Morgan fingerprint density at radius 2 is 2.00 bits per heavy atom. The maximum Gasteiger partial charge on any atom is 0.324 e. The molecule has 0 radical (unpaired) electrons. The zero-order chi connectivity index (χ0) is 21.7. The summed E-state index contributed by atoms with van der Waals surface area (Å²) in [6.45, 7) is 4.03. The van der Waals surface area contributed by atoms with E-state index in [1.165, 1.54) is 39.6 Å². The number of hydrogen-bond acceptors (Lipinski definition) is 7. The molecule has 0 aliphatic carbocycles. The zero-order valence-corrected chi connectivity index (χ0v) is 18.6. The number of ether oxygens (including phenoxy) is 1. The lowest BCUT2D eigenvalue weighted by molar-refractivity contribution is -0.150. The molecule has 0 spiro atoms. The summed E-state index contributed by atoms with van der Waals surface area (Å²) in [5.41, 5.74) is 0.524. The van der Waals surface area contributed by atoms with Gasteiger partial charge in [0.15, 0.2) is 5.13 Å². The summed E-state index contributed by atoms with van der Waals surface area (Å²) in [5, 5.41) is 2.27. The highest BCUT2D eigenvalue weighted by molar-refractivity contribution is 7.89. The van der Waals surface area contributed by atoms with Crippen LogP contribution in [0.1, 0.15) is 38.8 Å². The molecule has 2 aromatic rings. The molecule has 8 nitrogen and oxygen atoms in total. The van der Waals surface area contributed by atoms with Gasteiger partial charge in [0.2, 0.25) is 15.9 Å². The van der Waals surface area contributed by atoms with Crippen LogP contribution in [0.5, 0.6) is 0 Å². The first kappa shape index (κ1) is 22.4. The molecule has 30 heavy (non-hydrogen) atoms. The minimum absolute atomic E-state index is 0.0689. The third kappa shape index (κ3) is 4.88. The molecule has 1 fully saturated rings. The van der Waals surface area contributed by atoms with E-state index in [0.29, 0.717) is 30.2 Å². The summed E-state index contributed by atoms with van der Waals surface area (Å²) < 4.78 is 32.7. The summed E-state index contributed by atoms with van der Waals surface area (Å²) in [6, 6.07) is 7.26. The Bertz CT molecular complexity index is 991. The number of amides is 1. The van der Waals surface area contributed by atoms with Crippen molar-refractivity contribution < 1.29 is 22.7 Å². The van der Waals surface area contributed by atoms with Gasteiger partial charge in [0.25, 0.3) is 0 Å². The van der Waals surface area contributed by atoms with E-state index in [1.54, 1.807) is 23.6 Å². The number of esters is 1. The van der Waals surface area contributed by atoms with Crippen molar-refractivity contribution in [2.24, 2.45) is 0 Å². The van der Waals surface area contributed by atoms with Gasteiger partial charge in [-0.1, -0.05) is 18.2 Å². The van der Waals surface area contributed by atoms with Gasteiger partial charge in [-0.25, -0.2) is 13.4 Å². The standard InChI is InChI=1S/C20H25N3O5S2/c1-3-22(15(2)24)20-21-16(14-29-20)13-28-19(25)18-11-7-8-12-23(18)30(26,27)17-9-5-4-6-10-17/h4-6,9-10,14,18H,3,7-8,11-13H2,1-2H3. The summed E-state index contributed by atoms with van der Waals surface area (Å²) >= 11 is 1.30. The fourth-order valence-corrected chi connectivity index (χ4v) is 5.96. The third-order valence-corrected chi connectivity index (χ3v) is 7.74. The number of nitrogens with zero attached hydrogens (tertiary/aromatic N) is 3. The number of carbonyl (C=O) groups is 2. The smallest absolute Gasteiger partial charge is 0.324 e. The van der Waals surface area contributed by atoms with Crippen LogP contribution in [0, 0.1) is 0 Å². The van der Waals surface area contributed by atoms with E-state index in [2.05, 4.69) is 4.98 Å². The van der Waals surface area contributed by atoms with E-state index >= 15 is 0 Å². The number of sulfonamides is 1. The third-order valence-electron chi connectivity index (χ3n) is 4.90. The number of hydrogen-bond donors (Lipinski definition) is 0. The maximum absolute atomic E-state index is 13.0. The Balaban J connectivity index is 1.69. The number of rotatable bonds is 7. The second-order valence-electron chi connectivity index (χ2n) is 6.93. The molecule has 2 heterocycles. The Hall–Kier alpha value is -2.30. The van der Waals surface area contributed by atoms with Gasteiger partial charge in [0, 0.05) is 25.4 Å². The van der Waals surface area contributed by atoms with E-state index in [0.717, 1.165) is 6.42 Å². The van der Waals surface area contributed by atoms with Crippen molar-refractivity contribution in [3.05, 3.63) is 41.4 Å². The molecule has 1 amide bonds. The van der Waals surface area contributed by atoms with Crippen LogP contribution < -0.4 is 4.90 Å². The van der Waals surface area contributed by atoms with E-state index in [-0.39, 0.29) is 24.0 Å². The van der Waals surface area contributed by atoms with Crippen molar-refractivity contribution in [3.8, 4) is 0 Å². The van der Waals surface area contributed by atoms with Crippen molar-refractivity contribution in [2.45, 2.75) is 50.7 Å². The monoisotopic (exact) mass is 451 g/mol. The van der Waals surface area contributed by atoms with Crippen LogP contribution in [0.2, 0.25) is 0 Å². The highest BCUT2D eigenvalue weighted by Crippen LogP contribution is 2.27. The van der Waals surface area contributed by atoms with Crippen molar-refractivity contribution in [2.75, 3.05) is 18.0 Å². The second-order valence-corrected chi connectivity index (χ2v) is 9.66. The zero-order valence-electron chi connectivity index (χ0n) is 17.0. The van der Waals surface area contributed by atoms with Gasteiger partial charge in [0.05, 0.1) is 10.6 Å². The Labute approximate surface area is 180 Å². The van der Waals surface area contributed by atoms with Gasteiger partial charge in [-0.15, -0.1) is 11.3 Å². The van der Waals surface area contributed by atoms with E-state index in [1.807, 2.05) is 6.92 Å². The lowest BCUT2D eigenvalue weighted by Crippen LogP contribution is -2.48. The lowest BCUT2D eigenvalue weighted by atomic mass is 10.1. The first-order valence-electron chi connectivity index (χ1n) is 9.80. The molecule has 1 unspecified atom stereocenters. The topological polar surface area (TPSA) is 96.9 Å². The molecule has 1 aromatic heterocycles. The Kier molecular flexibility index (Phi) is 7.22. The summed E-state index contributed by atoms with van der Waals surface area (Å²) in [7, 11) is -3.78. The summed E-state index contributed by atoms with van der Waals surface area (Å²) in [4.78, 5) is 30.4. The van der Waals surface area contributed by atoms with Crippen LogP contribution >= 0.6 is 11.3 Å². The highest BCUT2D eigenvalue weighted by Gasteiger charge is 2.38. The molecule has 1 saturated heterocycles. The molecule has 1 atom stereocenters. The lowest BCUT2D eigenvalue weighted by Gasteiger charge is -2.32. The van der Waals surface area contributed by atoms with Crippen LogP contribution in [-0.2, 0) is 31.0 Å². The number of benzene rings is 1. The fraction of sp³-hybridized carbons (Fsp3) is 0.450. The summed E-state index contributed by atoms with van der Waals surface area (Å²) in [6.07, 6.45) is 1.87. The van der Waals surface area contributed by atoms with Crippen LogP contribution in [0.15, 0.2) is 40.6 Å². The molecule has 0 bridgehead atoms. The Morgan fingerprint density at radius 1 is 1.27 bits per heavy atom. The van der Waals surface area contributed by atoms with Gasteiger partial charge in [-0.05, 0) is 38.3 Å². The molecule has 162 valence electrons. The van der Waals surface area contributed by atoms with Crippen molar-refractivity contribution >= 4 is 38.4 Å². The van der Waals surface area contributed by atoms with Gasteiger partial charge in [-0.3, -0.25) is 14.5 Å². The number of aromatic nitrogens is 1. The maximum atomic E-state index is 13.0. The first-order valence-corrected chi connectivity index (χ1v) is 12.1. The highest BCUT2D eigenvalue weighted by atomic mass is 32.2. The van der Waals surface area contributed by atoms with Gasteiger partial charge >= 0.3 is 5.97 Å². The van der Waals surface area contributed by atoms with Crippen molar-refractivity contribution in [3.63, 3.8) is 0 Å². The van der Waals surface area contributed by atoms with Crippen molar-refractivity contribution in [1.29, 1.82) is 0 Å².